The van der Waals surface area contributed by atoms with E-state index in [0.29, 0.717) is 11.8 Å². The molecule has 6 nitrogen and oxygen atoms in total. The van der Waals surface area contributed by atoms with Crippen LogP contribution in [-0.2, 0) is 9.59 Å². The lowest BCUT2D eigenvalue weighted by atomic mass is 9.90. The van der Waals surface area contributed by atoms with E-state index in [-0.39, 0.29) is 17.4 Å². The molecule has 0 aromatic heterocycles. The lowest BCUT2D eigenvalue weighted by Crippen LogP contribution is -2.51. The highest BCUT2D eigenvalue weighted by molar-refractivity contribution is 5.84. The molecule has 1 aromatic carbocycles. The smallest absolute Gasteiger partial charge is 0.239 e. The Morgan fingerprint density at radius 1 is 0.886 bits per heavy atom. The third kappa shape index (κ3) is 5.64. The average Bonchev–Trinajstić information content (AvgIpc) is 3.63. The van der Waals surface area contributed by atoms with Crippen LogP contribution in [0.15, 0.2) is 36.4 Å². The lowest BCUT2D eigenvalue weighted by molar-refractivity contribution is -0.138. The summed E-state index contributed by atoms with van der Waals surface area (Å²) in [5.41, 5.74) is 1.40. The molecule has 3 aliphatic heterocycles. The molecule has 0 unspecified atom stereocenters. The van der Waals surface area contributed by atoms with Crippen LogP contribution in [0.1, 0.15) is 50.5 Å². The van der Waals surface area contributed by atoms with Crippen molar-refractivity contribution in [3.05, 3.63) is 42.0 Å². The van der Waals surface area contributed by atoms with Crippen LogP contribution < -0.4 is 0 Å². The van der Waals surface area contributed by atoms with E-state index in [1.165, 1.54) is 18.4 Å². The van der Waals surface area contributed by atoms with Gasteiger partial charge < -0.3 is 9.80 Å². The van der Waals surface area contributed by atoms with Crippen molar-refractivity contribution in [1.29, 1.82) is 0 Å². The first kappa shape index (κ1) is 24.5. The number of amides is 2. The second-order valence-electron chi connectivity index (χ2n) is 11.2. The predicted octanol–water partition coefficient (Wildman–Crippen LogP) is 3.35. The summed E-state index contributed by atoms with van der Waals surface area (Å²) in [5.74, 6) is 0.878. The second kappa shape index (κ2) is 10.8. The molecule has 1 saturated carbocycles. The summed E-state index contributed by atoms with van der Waals surface area (Å²) in [6.07, 6.45) is 12.0. The predicted molar refractivity (Wildman–Crippen MR) is 140 cm³/mol. The number of carbonyl (C=O) groups excluding carboxylic acids is 2. The molecule has 2 atom stereocenters. The van der Waals surface area contributed by atoms with Crippen molar-refractivity contribution in [2.75, 3.05) is 59.4 Å². The van der Waals surface area contributed by atoms with Crippen LogP contribution in [0, 0.1) is 11.3 Å². The van der Waals surface area contributed by atoms with Gasteiger partial charge in [-0.3, -0.25) is 19.4 Å². The van der Waals surface area contributed by atoms with Crippen LogP contribution in [0.2, 0.25) is 0 Å². The molecule has 3 heterocycles. The average molecular weight is 479 g/mol. The van der Waals surface area contributed by atoms with Gasteiger partial charge in [0.1, 0.15) is 0 Å². The van der Waals surface area contributed by atoms with Gasteiger partial charge in [0, 0.05) is 51.7 Å². The quantitative estimate of drug-likeness (QED) is 0.651. The van der Waals surface area contributed by atoms with Gasteiger partial charge in [0.2, 0.25) is 11.8 Å². The zero-order valence-corrected chi connectivity index (χ0v) is 21.4. The van der Waals surface area contributed by atoms with E-state index >= 15 is 0 Å². The van der Waals surface area contributed by atoms with Crippen molar-refractivity contribution in [2.45, 2.75) is 51.0 Å². The third-order valence-electron chi connectivity index (χ3n) is 9.02. The Kier molecular flexibility index (Phi) is 7.59. The molecule has 3 saturated heterocycles. The molecule has 4 aliphatic rings. The fourth-order valence-electron chi connectivity index (χ4n) is 6.47. The lowest BCUT2D eigenvalue weighted by Gasteiger charge is -2.38. The Balaban J connectivity index is 1.05. The van der Waals surface area contributed by atoms with Crippen molar-refractivity contribution in [2.24, 2.45) is 11.3 Å². The van der Waals surface area contributed by atoms with Gasteiger partial charge in [0.15, 0.2) is 0 Å². The fraction of sp³-hybridized carbons (Fsp3) is 0.655. The standard InChI is InChI=1S/C29H42N4O2/c1-30-15-7-3-6-12-26(30)28(35)32-17-13-29(14-18-32)23-25(29)27(34)33-21-19-31(20-22-33)16-8-11-24-9-4-2-5-10-24/h2,4-5,8-11,25-26H,3,6-7,12-23H2,1H3/b11-8+/t25-,26-/m1/s1. The van der Waals surface area contributed by atoms with Crippen molar-refractivity contribution < 1.29 is 9.59 Å². The molecule has 2 amide bonds. The van der Waals surface area contributed by atoms with Crippen LogP contribution in [0.3, 0.4) is 0 Å². The summed E-state index contributed by atoms with van der Waals surface area (Å²) < 4.78 is 0. The molecular formula is C29H42N4O2. The van der Waals surface area contributed by atoms with E-state index in [4.69, 9.17) is 0 Å². The molecule has 4 fully saturated rings. The highest BCUT2D eigenvalue weighted by Gasteiger charge is 2.59. The van der Waals surface area contributed by atoms with Gasteiger partial charge in [-0.2, -0.15) is 0 Å². The summed E-state index contributed by atoms with van der Waals surface area (Å²) in [6.45, 7) is 7.19. The molecule has 1 aliphatic carbocycles. The third-order valence-corrected chi connectivity index (χ3v) is 9.02. The van der Waals surface area contributed by atoms with E-state index in [1.54, 1.807) is 0 Å². The first-order valence-electron chi connectivity index (χ1n) is 13.8. The van der Waals surface area contributed by atoms with E-state index in [2.05, 4.69) is 63.1 Å². The molecule has 5 rings (SSSR count). The minimum atomic E-state index is 0.0574. The molecule has 0 N–H and O–H groups in total. The molecule has 35 heavy (non-hydrogen) atoms. The summed E-state index contributed by atoms with van der Waals surface area (Å²) >= 11 is 0. The number of likely N-dealkylation sites (N-methyl/N-ethyl adjacent to an activating group) is 1. The topological polar surface area (TPSA) is 47.1 Å². The van der Waals surface area contributed by atoms with Crippen LogP contribution in [-0.4, -0.2) is 96.9 Å². The highest BCUT2D eigenvalue weighted by atomic mass is 16.2. The monoisotopic (exact) mass is 478 g/mol. The molecule has 1 aromatic rings. The number of hydrogen-bond donors (Lipinski definition) is 0. The number of piperazine rings is 1. The Hall–Kier alpha value is -2.18. The Morgan fingerprint density at radius 2 is 1.60 bits per heavy atom. The summed E-state index contributed by atoms with van der Waals surface area (Å²) in [6, 6.07) is 10.5. The number of benzene rings is 1. The fourth-order valence-corrected chi connectivity index (χ4v) is 6.47. The summed E-state index contributed by atoms with van der Waals surface area (Å²) in [5, 5.41) is 0. The van der Waals surface area contributed by atoms with Crippen LogP contribution >= 0.6 is 0 Å². The summed E-state index contributed by atoms with van der Waals surface area (Å²) in [4.78, 5) is 35.4. The van der Waals surface area contributed by atoms with Gasteiger partial charge in [-0.15, -0.1) is 0 Å². The van der Waals surface area contributed by atoms with Gasteiger partial charge in [-0.05, 0) is 56.7 Å². The molecule has 190 valence electrons. The van der Waals surface area contributed by atoms with Gasteiger partial charge in [-0.1, -0.05) is 55.3 Å². The van der Waals surface area contributed by atoms with Crippen LogP contribution in [0.4, 0.5) is 0 Å². The number of nitrogens with zero attached hydrogens (tertiary/aromatic N) is 4. The van der Waals surface area contributed by atoms with E-state index in [1.807, 2.05) is 6.07 Å². The number of hydrogen-bond acceptors (Lipinski definition) is 4. The first-order valence-corrected chi connectivity index (χ1v) is 13.8. The molecule has 1 spiro atoms. The van der Waals surface area contributed by atoms with Crippen LogP contribution in [0.25, 0.3) is 6.08 Å². The summed E-state index contributed by atoms with van der Waals surface area (Å²) in [7, 11) is 2.11. The largest absolute Gasteiger partial charge is 0.341 e. The Bertz CT molecular complexity index is 901. The maximum atomic E-state index is 13.3. The van der Waals surface area contributed by atoms with Crippen molar-refractivity contribution in [3.63, 3.8) is 0 Å². The van der Waals surface area contributed by atoms with Gasteiger partial charge in [0.05, 0.1) is 6.04 Å². The van der Waals surface area contributed by atoms with Crippen LogP contribution in [0.5, 0.6) is 0 Å². The minimum absolute atomic E-state index is 0.0574. The molecular weight excluding hydrogens is 436 g/mol. The van der Waals surface area contributed by atoms with Gasteiger partial charge in [-0.25, -0.2) is 0 Å². The highest BCUT2D eigenvalue weighted by Crippen LogP contribution is 2.60. The molecule has 6 heteroatoms. The molecule has 0 bridgehead atoms. The van der Waals surface area contributed by atoms with E-state index < -0.39 is 0 Å². The zero-order valence-electron chi connectivity index (χ0n) is 21.4. The zero-order chi connectivity index (χ0) is 24.3. The number of rotatable bonds is 5. The number of piperidine rings is 1. The number of likely N-dealkylation sites (tertiary alicyclic amines) is 2. The normalized spacial score (nSPS) is 27.8. The van der Waals surface area contributed by atoms with E-state index in [0.717, 1.165) is 84.5 Å². The second-order valence-corrected chi connectivity index (χ2v) is 11.2. The SMILES string of the molecule is CN1CCCCC[C@@H]1C(=O)N1CCC2(CC1)C[C@@H]2C(=O)N1CCN(C/C=C/c2ccccc2)CC1. The molecule has 0 radical (unpaired) electrons. The Morgan fingerprint density at radius 3 is 2.34 bits per heavy atom. The maximum absolute atomic E-state index is 13.3. The van der Waals surface area contributed by atoms with Gasteiger partial charge in [0.25, 0.3) is 0 Å². The minimum Gasteiger partial charge on any atom is -0.341 e. The Labute approximate surface area is 210 Å². The van der Waals surface area contributed by atoms with Crippen molar-refractivity contribution in [3.8, 4) is 0 Å². The maximum Gasteiger partial charge on any atom is 0.239 e. The van der Waals surface area contributed by atoms with Crippen molar-refractivity contribution >= 4 is 17.9 Å². The van der Waals surface area contributed by atoms with Crippen molar-refractivity contribution in [1.82, 2.24) is 19.6 Å². The number of carbonyl (C=O) groups is 2. The van der Waals surface area contributed by atoms with E-state index in [9.17, 15) is 9.59 Å². The van der Waals surface area contributed by atoms with Gasteiger partial charge >= 0.3 is 0 Å². The first-order chi connectivity index (χ1) is 17.1.